The number of halogens is 1. The summed E-state index contributed by atoms with van der Waals surface area (Å²) in [6.07, 6.45) is 2.00. The molecule has 0 aliphatic heterocycles. The standard InChI is InChI=1S/C25H27FN2O2S/c1-4-5-22-24(19-10-12-20(26)13-11-19)28-25(31-22)27-23(30)15-14-21(29)18-8-6-17(7-9-18)16(2)3/h6-13,16H,4-5,14-15H2,1-3H3,(H,27,28,30). The third-order valence-corrected chi connectivity index (χ3v) is 6.05. The molecule has 0 atom stereocenters. The minimum absolute atomic E-state index is 0.0525. The Hall–Kier alpha value is -2.86. The van der Waals surface area contributed by atoms with Gasteiger partial charge in [-0.3, -0.25) is 9.59 Å². The molecule has 1 heterocycles. The highest BCUT2D eigenvalue weighted by atomic mass is 32.1. The Morgan fingerprint density at radius 1 is 1.03 bits per heavy atom. The molecule has 0 bridgehead atoms. The van der Waals surface area contributed by atoms with Crippen LogP contribution in [0.25, 0.3) is 11.3 Å². The van der Waals surface area contributed by atoms with Crippen LogP contribution in [-0.4, -0.2) is 16.7 Å². The third-order valence-electron chi connectivity index (χ3n) is 5.02. The van der Waals surface area contributed by atoms with Crippen molar-refractivity contribution in [1.29, 1.82) is 0 Å². The second-order valence-electron chi connectivity index (χ2n) is 7.80. The average molecular weight is 439 g/mol. The molecular formula is C25H27FN2O2S. The van der Waals surface area contributed by atoms with Gasteiger partial charge in [0.05, 0.1) is 5.69 Å². The topological polar surface area (TPSA) is 59.1 Å². The van der Waals surface area contributed by atoms with E-state index in [-0.39, 0.29) is 30.3 Å². The van der Waals surface area contributed by atoms with Gasteiger partial charge in [0.25, 0.3) is 0 Å². The van der Waals surface area contributed by atoms with Gasteiger partial charge in [0.15, 0.2) is 10.9 Å². The van der Waals surface area contributed by atoms with Gasteiger partial charge in [0.1, 0.15) is 5.82 Å². The normalized spacial score (nSPS) is 11.0. The van der Waals surface area contributed by atoms with Crippen molar-refractivity contribution >= 4 is 28.2 Å². The largest absolute Gasteiger partial charge is 0.302 e. The van der Waals surface area contributed by atoms with Crippen LogP contribution in [0.3, 0.4) is 0 Å². The van der Waals surface area contributed by atoms with E-state index < -0.39 is 0 Å². The quantitative estimate of drug-likeness (QED) is 0.382. The number of benzene rings is 2. The molecule has 162 valence electrons. The summed E-state index contributed by atoms with van der Waals surface area (Å²) in [5.74, 6) is -0.184. The lowest BCUT2D eigenvalue weighted by molar-refractivity contribution is -0.116. The van der Waals surface area contributed by atoms with Crippen molar-refractivity contribution < 1.29 is 14.0 Å². The van der Waals surface area contributed by atoms with E-state index in [1.54, 1.807) is 12.1 Å². The molecule has 0 saturated heterocycles. The monoisotopic (exact) mass is 438 g/mol. The summed E-state index contributed by atoms with van der Waals surface area (Å²) in [5, 5.41) is 3.32. The number of amides is 1. The van der Waals surface area contributed by atoms with E-state index in [0.717, 1.165) is 29.0 Å². The molecule has 0 aliphatic rings. The zero-order valence-corrected chi connectivity index (χ0v) is 18.9. The number of aromatic nitrogens is 1. The van der Waals surface area contributed by atoms with Crippen LogP contribution < -0.4 is 5.32 Å². The van der Waals surface area contributed by atoms with Gasteiger partial charge < -0.3 is 5.32 Å². The zero-order chi connectivity index (χ0) is 22.4. The highest BCUT2D eigenvalue weighted by Crippen LogP contribution is 2.32. The molecule has 31 heavy (non-hydrogen) atoms. The summed E-state index contributed by atoms with van der Waals surface area (Å²) < 4.78 is 13.3. The number of ketones is 1. The summed E-state index contributed by atoms with van der Waals surface area (Å²) in [5.41, 5.74) is 3.39. The lowest BCUT2D eigenvalue weighted by Crippen LogP contribution is -2.13. The second kappa shape index (κ2) is 10.4. The van der Waals surface area contributed by atoms with Crippen LogP contribution in [0, 0.1) is 5.82 Å². The summed E-state index contributed by atoms with van der Waals surface area (Å²) in [6, 6.07) is 13.8. The van der Waals surface area contributed by atoms with Crippen LogP contribution in [0.2, 0.25) is 0 Å². The molecule has 0 unspecified atom stereocenters. The van der Waals surface area contributed by atoms with Crippen LogP contribution in [0.5, 0.6) is 0 Å². The highest BCUT2D eigenvalue weighted by molar-refractivity contribution is 7.16. The summed E-state index contributed by atoms with van der Waals surface area (Å²) in [7, 11) is 0. The molecule has 0 aliphatic carbocycles. The summed E-state index contributed by atoms with van der Waals surface area (Å²) in [4.78, 5) is 30.4. The van der Waals surface area contributed by atoms with Gasteiger partial charge in [0.2, 0.25) is 5.91 Å². The number of nitrogens with zero attached hydrogens (tertiary/aromatic N) is 1. The molecule has 4 nitrogen and oxygen atoms in total. The maximum absolute atomic E-state index is 13.3. The smallest absolute Gasteiger partial charge is 0.226 e. The minimum atomic E-state index is -0.298. The lowest BCUT2D eigenvalue weighted by Gasteiger charge is -2.06. The lowest BCUT2D eigenvalue weighted by atomic mass is 9.99. The Bertz CT molecular complexity index is 1040. The average Bonchev–Trinajstić information content (AvgIpc) is 3.15. The van der Waals surface area contributed by atoms with Gasteiger partial charge in [-0.15, -0.1) is 11.3 Å². The van der Waals surface area contributed by atoms with Crippen molar-refractivity contribution in [3.05, 3.63) is 70.4 Å². The van der Waals surface area contributed by atoms with E-state index in [1.807, 2.05) is 24.3 Å². The second-order valence-corrected chi connectivity index (χ2v) is 8.88. The Labute approximate surface area is 186 Å². The Morgan fingerprint density at radius 3 is 2.32 bits per heavy atom. The molecule has 1 amide bonds. The SMILES string of the molecule is CCCc1sc(NC(=O)CCC(=O)c2ccc(C(C)C)cc2)nc1-c1ccc(F)cc1. The maximum atomic E-state index is 13.3. The first kappa shape index (κ1) is 22.8. The third kappa shape index (κ3) is 6.07. The van der Waals surface area contributed by atoms with Gasteiger partial charge in [-0.25, -0.2) is 9.37 Å². The molecular weight excluding hydrogens is 411 g/mol. The van der Waals surface area contributed by atoms with Gasteiger partial charge in [-0.1, -0.05) is 51.5 Å². The van der Waals surface area contributed by atoms with Crippen LogP contribution >= 0.6 is 11.3 Å². The molecule has 2 aromatic carbocycles. The van der Waals surface area contributed by atoms with Crippen molar-refractivity contribution in [3.8, 4) is 11.3 Å². The molecule has 1 aromatic heterocycles. The number of Topliss-reactive ketones (excluding diaryl/α,β-unsaturated/α-hetero) is 1. The number of rotatable bonds is 9. The van der Waals surface area contributed by atoms with Crippen LogP contribution in [-0.2, 0) is 11.2 Å². The maximum Gasteiger partial charge on any atom is 0.226 e. The predicted molar refractivity (Wildman–Crippen MR) is 124 cm³/mol. The number of nitrogens with one attached hydrogen (secondary N) is 1. The molecule has 6 heteroatoms. The fourth-order valence-electron chi connectivity index (χ4n) is 3.24. The fraction of sp³-hybridized carbons (Fsp3) is 0.320. The molecule has 0 saturated carbocycles. The van der Waals surface area contributed by atoms with Crippen molar-refractivity contribution in [2.24, 2.45) is 0 Å². The van der Waals surface area contributed by atoms with Gasteiger partial charge in [-0.05, 0) is 42.2 Å². The number of hydrogen-bond donors (Lipinski definition) is 1. The van der Waals surface area contributed by atoms with Gasteiger partial charge in [0, 0.05) is 28.8 Å². The first-order valence-corrected chi connectivity index (χ1v) is 11.4. The number of hydrogen-bond acceptors (Lipinski definition) is 4. The minimum Gasteiger partial charge on any atom is -0.302 e. The number of anilines is 1. The van der Waals surface area contributed by atoms with Gasteiger partial charge in [-0.2, -0.15) is 0 Å². The van der Waals surface area contributed by atoms with Crippen molar-refractivity contribution in [3.63, 3.8) is 0 Å². The van der Waals surface area contributed by atoms with E-state index in [4.69, 9.17) is 0 Å². The molecule has 0 radical (unpaired) electrons. The van der Waals surface area contributed by atoms with E-state index >= 15 is 0 Å². The summed E-state index contributed by atoms with van der Waals surface area (Å²) >= 11 is 1.42. The highest BCUT2D eigenvalue weighted by Gasteiger charge is 2.16. The molecule has 3 aromatic rings. The fourth-order valence-corrected chi connectivity index (χ4v) is 4.34. The first-order valence-electron chi connectivity index (χ1n) is 10.6. The Morgan fingerprint density at radius 2 is 1.71 bits per heavy atom. The van der Waals surface area contributed by atoms with Crippen LogP contribution in [0.4, 0.5) is 9.52 Å². The molecule has 3 rings (SSSR count). The number of carbonyl (C=O) groups excluding carboxylic acids is 2. The number of thiazole rings is 1. The van der Waals surface area contributed by atoms with Gasteiger partial charge >= 0.3 is 0 Å². The summed E-state index contributed by atoms with van der Waals surface area (Å²) in [6.45, 7) is 6.28. The van der Waals surface area contributed by atoms with E-state index in [0.29, 0.717) is 16.6 Å². The van der Waals surface area contributed by atoms with Crippen molar-refractivity contribution in [2.45, 2.75) is 52.4 Å². The zero-order valence-electron chi connectivity index (χ0n) is 18.1. The van der Waals surface area contributed by atoms with E-state index in [2.05, 4.69) is 31.1 Å². The van der Waals surface area contributed by atoms with Crippen molar-refractivity contribution in [1.82, 2.24) is 4.98 Å². The Balaban J connectivity index is 1.62. The van der Waals surface area contributed by atoms with E-state index in [9.17, 15) is 14.0 Å². The number of carbonyl (C=O) groups is 2. The van der Waals surface area contributed by atoms with Crippen LogP contribution in [0.15, 0.2) is 48.5 Å². The first-order chi connectivity index (χ1) is 14.9. The van der Waals surface area contributed by atoms with Crippen molar-refractivity contribution in [2.75, 3.05) is 5.32 Å². The Kier molecular flexibility index (Phi) is 7.69. The van der Waals surface area contributed by atoms with E-state index in [1.165, 1.54) is 29.0 Å². The number of aryl methyl sites for hydroxylation is 1. The van der Waals surface area contributed by atoms with Crippen LogP contribution in [0.1, 0.15) is 66.8 Å². The molecule has 0 spiro atoms. The molecule has 0 fully saturated rings. The molecule has 1 N–H and O–H groups in total. The predicted octanol–water partition coefficient (Wildman–Crippen LogP) is 6.63.